The molecule has 0 fully saturated rings. The average molecular weight is 681 g/mol. The lowest BCUT2D eigenvalue weighted by Crippen LogP contribution is -2.18. The molecule has 0 spiro atoms. The number of allylic oxidation sites excluding steroid dienone is 5. The molecule has 6 nitrogen and oxygen atoms in total. The fourth-order valence-electron chi connectivity index (χ4n) is 5.49. The van der Waals surface area contributed by atoms with Gasteiger partial charge in [0.25, 0.3) is 0 Å². The van der Waals surface area contributed by atoms with Crippen LogP contribution in [0.3, 0.4) is 0 Å². The molecule has 0 amide bonds. The van der Waals surface area contributed by atoms with Gasteiger partial charge in [-0.1, -0.05) is 141 Å². The fourth-order valence-corrected chi connectivity index (χ4v) is 6.15. The van der Waals surface area contributed by atoms with E-state index in [2.05, 4.69) is 44.2 Å². The third-order valence-corrected chi connectivity index (χ3v) is 9.15. The normalized spacial score (nSPS) is 13.0. The van der Waals surface area contributed by atoms with Crippen molar-refractivity contribution in [3.05, 3.63) is 36.6 Å². The van der Waals surface area contributed by atoms with E-state index in [0.717, 1.165) is 38.5 Å². The van der Waals surface area contributed by atoms with Crippen molar-refractivity contribution in [2.45, 2.75) is 181 Å². The van der Waals surface area contributed by atoms with Gasteiger partial charge in [0.1, 0.15) is 19.0 Å². The third-order valence-electron chi connectivity index (χ3n) is 8.40. The number of hydrogen-bond donors (Lipinski definition) is 1. The first-order valence-corrected chi connectivity index (χ1v) is 20.7. The van der Waals surface area contributed by atoms with Crippen LogP contribution in [0.25, 0.3) is 0 Å². The number of ether oxygens (including phenoxy) is 1. The zero-order chi connectivity index (χ0) is 34.3. The van der Waals surface area contributed by atoms with Crippen LogP contribution in [0, 0.1) is 5.92 Å². The summed E-state index contributed by atoms with van der Waals surface area (Å²) in [6.45, 7) is 5.51. The lowest BCUT2D eigenvalue weighted by Gasteiger charge is -2.13. The van der Waals surface area contributed by atoms with Crippen LogP contribution in [0.1, 0.15) is 181 Å². The van der Waals surface area contributed by atoms with Crippen LogP contribution in [0.5, 0.6) is 0 Å². The van der Waals surface area contributed by atoms with Gasteiger partial charge >= 0.3 is 8.25 Å². The number of rotatable bonds is 38. The van der Waals surface area contributed by atoms with Gasteiger partial charge < -0.3 is 10.5 Å². The molecule has 0 aliphatic carbocycles. The topological polar surface area (TPSA) is 87.8 Å². The molecule has 2 atom stereocenters. The highest BCUT2D eigenvalue weighted by Gasteiger charge is 2.24. The molecule has 0 aromatic carbocycles. The van der Waals surface area contributed by atoms with Crippen LogP contribution in [-0.4, -0.2) is 32.1 Å². The quantitative estimate of drug-likeness (QED) is 0.0302. The number of Topliss-reactive ketones (excluding diaryl/α,β-unsaturated/α-hetero) is 1. The summed E-state index contributed by atoms with van der Waals surface area (Å²) < 4.78 is 28.2. The lowest BCUT2D eigenvalue weighted by atomic mass is 10.00. The second-order valence-electron chi connectivity index (χ2n) is 13.1. The van der Waals surface area contributed by atoms with E-state index in [9.17, 15) is 9.36 Å². The molecule has 0 bridgehead atoms. The first-order chi connectivity index (χ1) is 23.1. The SMILES string of the molecule is CCCCC/C=C\C/C=C\CCCCCCCC(=O)C[C@H](CO/C=C\CCCCCCCCCCCCCC)CO[P+](=O)OCCN. The number of ketones is 1. The van der Waals surface area contributed by atoms with Crippen molar-refractivity contribution < 1.29 is 23.1 Å². The van der Waals surface area contributed by atoms with Gasteiger partial charge in [-0.2, -0.15) is 0 Å². The smallest absolute Gasteiger partial charge is 0.501 e. The van der Waals surface area contributed by atoms with Gasteiger partial charge in [-0.25, -0.2) is 0 Å². The van der Waals surface area contributed by atoms with Crippen molar-refractivity contribution in [1.29, 1.82) is 0 Å². The molecule has 0 heterocycles. The summed E-state index contributed by atoms with van der Waals surface area (Å²) in [5.74, 6) is 0.0589. The monoisotopic (exact) mass is 681 g/mol. The molecule has 0 saturated carbocycles. The first kappa shape index (κ1) is 45.7. The van der Waals surface area contributed by atoms with Crippen molar-refractivity contribution in [1.82, 2.24) is 0 Å². The highest BCUT2D eigenvalue weighted by atomic mass is 31.1. The predicted octanol–water partition coefficient (Wildman–Crippen LogP) is 12.6. The van der Waals surface area contributed by atoms with E-state index in [1.807, 2.05) is 0 Å². The van der Waals surface area contributed by atoms with Crippen LogP contribution >= 0.6 is 8.25 Å². The molecule has 0 aliphatic rings. The van der Waals surface area contributed by atoms with Crippen molar-refractivity contribution in [2.24, 2.45) is 11.7 Å². The van der Waals surface area contributed by atoms with Gasteiger partial charge in [-0.05, 0) is 57.4 Å². The number of carbonyl (C=O) groups excluding carboxylic acids is 1. The van der Waals surface area contributed by atoms with Crippen molar-refractivity contribution in [2.75, 3.05) is 26.4 Å². The molecule has 0 radical (unpaired) electrons. The molecule has 2 N–H and O–H groups in total. The minimum Gasteiger partial charge on any atom is -0.501 e. The summed E-state index contributed by atoms with van der Waals surface area (Å²) in [6, 6.07) is 0. The van der Waals surface area contributed by atoms with Gasteiger partial charge in [0.05, 0.1) is 12.9 Å². The molecule has 47 heavy (non-hydrogen) atoms. The summed E-state index contributed by atoms with van der Waals surface area (Å²) in [7, 11) is -2.24. The lowest BCUT2D eigenvalue weighted by molar-refractivity contribution is -0.120. The Morgan fingerprint density at radius 2 is 1.11 bits per heavy atom. The Bertz CT molecular complexity index is 770. The van der Waals surface area contributed by atoms with E-state index in [1.54, 1.807) is 6.26 Å². The largest absolute Gasteiger partial charge is 0.697 e. The Morgan fingerprint density at radius 1 is 0.617 bits per heavy atom. The van der Waals surface area contributed by atoms with Crippen LogP contribution in [0.4, 0.5) is 0 Å². The van der Waals surface area contributed by atoms with Gasteiger partial charge in [0.2, 0.25) is 0 Å². The summed E-state index contributed by atoms with van der Waals surface area (Å²) in [5, 5.41) is 0. The van der Waals surface area contributed by atoms with E-state index >= 15 is 0 Å². The number of hydrogen-bond acceptors (Lipinski definition) is 6. The van der Waals surface area contributed by atoms with Crippen molar-refractivity contribution in [3.63, 3.8) is 0 Å². The molecule has 7 heteroatoms. The van der Waals surface area contributed by atoms with Gasteiger partial charge in [0, 0.05) is 29.9 Å². The average Bonchev–Trinajstić information content (AvgIpc) is 3.07. The summed E-state index contributed by atoms with van der Waals surface area (Å²) >= 11 is 0. The first-order valence-electron chi connectivity index (χ1n) is 19.6. The summed E-state index contributed by atoms with van der Waals surface area (Å²) in [4.78, 5) is 12.7. The summed E-state index contributed by atoms with van der Waals surface area (Å²) in [6.07, 6.45) is 44.0. The van der Waals surface area contributed by atoms with Crippen LogP contribution < -0.4 is 5.73 Å². The van der Waals surface area contributed by atoms with E-state index in [1.165, 1.54) is 116 Å². The maximum atomic E-state index is 12.7. The van der Waals surface area contributed by atoms with Gasteiger partial charge in [-0.3, -0.25) is 4.79 Å². The minimum absolute atomic E-state index is 0.155. The van der Waals surface area contributed by atoms with Crippen molar-refractivity contribution >= 4 is 14.0 Å². The molecule has 0 saturated heterocycles. The van der Waals surface area contributed by atoms with Crippen LogP contribution in [0.2, 0.25) is 0 Å². The fraction of sp³-hybridized carbons (Fsp3) is 0.825. The zero-order valence-corrected chi connectivity index (χ0v) is 31.7. The molecule has 0 aliphatic heterocycles. The molecule has 0 rings (SSSR count). The maximum absolute atomic E-state index is 12.7. The van der Waals surface area contributed by atoms with E-state index in [4.69, 9.17) is 19.5 Å². The number of carbonyl (C=O) groups is 1. The van der Waals surface area contributed by atoms with E-state index in [-0.39, 0.29) is 31.5 Å². The Balaban J connectivity index is 4.05. The Labute approximate surface area is 292 Å². The van der Waals surface area contributed by atoms with Crippen LogP contribution in [0.15, 0.2) is 36.6 Å². The minimum atomic E-state index is -2.24. The Hall–Kier alpha value is -1.33. The Morgan fingerprint density at radius 3 is 1.68 bits per heavy atom. The number of nitrogens with two attached hydrogens (primary N) is 1. The number of unbranched alkanes of at least 4 members (excludes halogenated alkanes) is 20. The standard InChI is InChI=1S/C40H75NO5P/c1-3-5-7-9-11-13-15-17-19-20-22-24-26-28-30-32-40(42)36-39(38-46-47(43)45-35-33-41)37-44-34-31-29-27-25-23-21-18-16-14-12-10-8-6-4-2/h11,13,17,19,31,34,39H,3-10,12,14-16,18,20-30,32-33,35-38,41H2,1-2H3/q+1/b13-11-,19-17-,34-31-/t39-/m1/s1. The molecule has 274 valence electrons. The van der Waals surface area contributed by atoms with E-state index in [0.29, 0.717) is 19.4 Å². The predicted molar refractivity (Wildman–Crippen MR) is 202 cm³/mol. The second kappa shape index (κ2) is 39.1. The van der Waals surface area contributed by atoms with Crippen molar-refractivity contribution in [3.8, 4) is 0 Å². The molecular formula is C40H75NO5P+. The highest BCUT2D eigenvalue weighted by Crippen LogP contribution is 2.25. The maximum Gasteiger partial charge on any atom is 0.697 e. The Kier molecular flexibility index (Phi) is 38.0. The molecule has 0 aromatic rings. The second-order valence-corrected chi connectivity index (χ2v) is 14.1. The third kappa shape index (κ3) is 37.3. The highest BCUT2D eigenvalue weighted by molar-refractivity contribution is 7.33. The summed E-state index contributed by atoms with van der Waals surface area (Å²) in [5.41, 5.74) is 5.42. The van der Waals surface area contributed by atoms with Gasteiger partial charge in [-0.15, -0.1) is 9.05 Å². The molecular weight excluding hydrogens is 605 g/mol. The molecule has 0 aromatic heterocycles. The zero-order valence-electron chi connectivity index (χ0n) is 30.8. The van der Waals surface area contributed by atoms with E-state index < -0.39 is 8.25 Å². The van der Waals surface area contributed by atoms with Gasteiger partial charge in [0.15, 0.2) is 0 Å². The van der Waals surface area contributed by atoms with Crippen LogP contribution in [-0.2, 0) is 23.1 Å². The molecule has 1 unspecified atom stereocenters.